The second kappa shape index (κ2) is 9.80. The van der Waals surface area contributed by atoms with Crippen molar-refractivity contribution < 1.29 is 9.18 Å². The van der Waals surface area contributed by atoms with Crippen LogP contribution in [0.3, 0.4) is 0 Å². The van der Waals surface area contributed by atoms with Gasteiger partial charge in [-0.25, -0.2) is 9.37 Å². The predicted octanol–water partition coefficient (Wildman–Crippen LogP) is 2.46. The number of nitrogens with one attached hydrogen (secondary N) is 1. The normalized spacial score (nSPS) is 17.8. The molecule has 0 saturated carbocycles. The Hall–Kier alpha value is -2.25. The molecule has 1 aliphatic rings. The van der Waals surface area contributed by atoms with Crippen molar-refractivity contribution in [2.45, 2.75) is 19.4 Å². The molecule has 0 spiro atoms. The fraction of sp³-hybridized carbons (Fsp3) is 0.524. The van der Waals surface area contributed by atoms with Crippen molar-refractivity contribution >= 4 is 5.91 Å². The molecule has 1 amide bonds. The highest BCUT2D eigenvalue weighted by atomic mass is 19.1. The molecule has 3 rings (SSSR count). The van der Waals surface area contributed by atoms with Gasteiger partial charge in [0.1, 0.15) is 11.5 Å². The number of piperidine rings is 1. The fourth-order valence-corrected chi connectivity index (χ4v) is 3.76. The molecule has 1 atom stereocenters. The highest BCUT2D eigenvalue weighted by Crippen LogP contribution is 2.21. The third kappa shape index (κ3) is 5.62. The molecule has 7 heteroatoms. The van der Waals surface area contributed by atoms with Crippen molar-refractivity contribution in [3.63, 3.8) is 0 Å². The second-order valence-corrected chi connectivity index (χ2v) is 7.85. The number of H-pyrrole nitrogens is 1. The van der Waals surface area contributed by atoms with Gasteiger partial charge < -0.3 is 14.8 Å². The van der Waals surface area contributed by atoms with Crippen LogP contribution in [-0.4, -0.2) is 77.4 Å². The van der Waals surface area contributed by atoms with Crippen LogP contribution < -0.4 is 0 Å². The Morgan fingerprint density at radius 2 is 2.14 bits per heavy atom. The molecule has 28 heavy (non-hydrogen) atoms. The number of hydrogen-bond acceptors (Lipinski definition) is 4. The largest absolute Gasteiger partial charge is 0.341 e. The first kappa shape index (κ1) is 20.5. The number of hydrogen-bond donors (Lipinski definition) is 1. The minimum atomic E-state index is -0.147. The number of carbonyl (C=O) groups excluding carboxylic acids is 1. The summed E-state index contributed by atoms with van der Waals surface area (Å²) in [5, 5.41) is 0. The van der Waals surface area contributed by atoms with E-state index in [1.807, 2.05) is 31.1 Å². The molecular weight excluding hydrogens is 357 g/mol. The summed E-state index contributed by atoms with van der Waals surface area (Å²) in [4.78, 5) is 26.1. The van der Waals surface area contributed by atoms with Gasteiger partial charge in [-0.05, 0) is 45.5 Å². The molecule has 0 radical (unpaired) electrons. The first-order valence-electron chi connectivity index (χ1n) is 9.91. The highest BCUT2D eigenvalue weighted by molar-refractivity contribution is 5.92. The van der Waals surface area contributed by atoms with Crippen molar-refractivity contribution in [2.24, 2.45) is 5.92 Å². The summed E-state index contributed by atoms with van der Waals surface area (Å²) in [7, 11) is 4.02. The van der Waals surface area contributed by atoms with E-state index in [1.165, 1.54) is 12.4 Å². The Morgan fingerprint density at radius 1 is 1.32 bits per heavy atom. The quantitative estimate of drug-likeness (QED) is 0.756. The van der Waals surface area contributed by atoms with Crippen LogP contribution in [0.15, 0.2) is 36.8 Å². The van der Waals surface area contributed by atoms with Crippen LogP contribution in [0.25, 0.3) is 0 Å². The number of amides is 1. The molecular formula is C21H30FN5O. The first-order valence-corrected chi connectivity index (χ1v) is 9.91. The van der Waals surface area contributed by atoms with Crippen molar-refractivity contribution in [1.29, 1.82) is 0 Å². The zero-order valence-corrected chi connectivity index (χ0v) is 16.8. The molecule has 1 N–H and O–H groups in total. The van der Waals surface area contributed by atoms with Crippen LogP contribution in [0.1, 0.15) is 28.9 Å². The number of aromatic nitrogens is 2. The Morgan fingerprint density at radius 3 is 2.86 bits per heavy atom. The summed E-state index contributed by atoms with van der Waals surface area (Å²) in [5.41, 5.74) is 1.26. The van der Waals surface area contributed by atoms with Crippen LogP contribution in [0.4, 0.5) is 4.39 Å². The van der Waals surface area contributed by atoms with Crippen molar-refractivity contribution in [1.82, 2.24) is 24.7 Å². The van der Waals surface area contributed by atoms with E-state index < -0.39 is 0 Å². The van der Waals surface area contributed by atoms with Crippen molar-refractivity contribution in [2.75, 3.05) is 46.8 Å². The van der Waals surface area contributed by atoms with Gasteiger partial charge in [0.05, 0.1) is 12.5 Å². The predicted molar refractivity (Wildman–Crippen MR) is 107 cm³/mol. The van der Waals surface area contributed by atoms with E-state index >= 15 is 0 Å². The van der Waals surface area contributed by atoms with Gasteiger partial charge in [0, 0.05) is 38.3 Å². The molecule has 152 valence electrons. The number of nitrogens with zero attached hydrogens (tertiary/aromatic N) is 4. The smallest absolute Gasteiger partial charge is 0.271 e. The molecule has 2 aromatic rings. The molecule has 1 aromatic carbocycles. The molecule has 0 aliphatic carbocycles. The molecule has 1 aliphatic heterocycles. The Balaban J connectivity index is 1.62. The zero-order chi connectivity index (χ0) is 19.9. The molecule has 1 saturated heterocycles. The summed E-state index contributed by atoms with van der Waals surface area (Å²) in [6, 6.07) is 6.97. The summed E-state index contributed by atoms with van der Waals surface area (Å²) >= 11 is 0. The number of imidazole rings is 1. The number of carbonyl (C=O) groups is 1. The van der Waals surface area contributed by atoms with Gasteiger partial charge in [0.25, 0.3) is 5.91 Å². The number of likely N-dealkylation sites (tertiary alicyclic amines) is 1. The summed E-state index contributed by atoms with van der Waals surface area (Å²) in [5.74, 6) is 0.229. The Labute approximate surface area is 166 Å². The van der Waals surface area contributed by atoms with Crippen LogP contribution >= 0.6 is 0 Å². The van der Waals surface area contributed by atoms with Gasteiger partial charge in [0.2, 0.25) is 0 Å². The molecule has 0 bridgehead atoms. The topological polar surface area (TPSA) is 55.5 Å². The van der Waals surface area contributed by atoms with Crippen LogP contribution in [0.2, 0.25) is 0 Å². The average Bonchev–Trinajstić information content (AvgIpc) is 3.21. The van der Waals surface area contributed by atoms with E-state index in [9.17, 15) is 9.18 Å². The first-order chi connectivity index (χ1) is 13.5. The van der Waals surface area contributed by atoms with E-state index in [0.29, 0.717) is 31.2 Å². The second-order valence-electron chi connectivity index (χ2n) is 7.85. The van der Waals surface area contributed by atoms with Crippen LogP contribution in [-0.2, 0) is 6.54 Å². The van der Waals surface area contributed by atoms with Gasteiger partial charge in [-0.1, -0.05) is 18.2 Å². The third-order valence-electron chi connectivity index (χ3n) is 5.27. The van der Waals surface area contributed by atoms with Gasteiger partial charge >= 0.3 is 0 Å². The lowest BCUT2D eigenvalue weighted by Crippen LogP contribution is -2.44. The van der Waals surface area contributed by atoms with Gasteiger partial charge in [-0.15, -0.1) is 0 Å². The highest BCUT2D eigenvalue weighted by Gasteiger charge is 2.26. The lowest BCUT2D eigenvalue weighted by atomic mass is 9.96. The van der Waals surface area contributed by atoms with Gasteiger partial charge in [0.15, 0.2) is 0 Å². The molecule has 2 heterocycles. The number of likely N-dealkylation sites (N-methyl/N-ethyl adjacent to an activating group) is 1. The Bertz CT molecular complexity index is 749. The number of aromatic amines is 1. The number of halogens is 1. The van der Waals surface area contributed by atoms with E-state index in [4.69, 9.17) is 0 Å². The minimum Gasteiger partial charge on any atom is -0.341 e. The molecule has 6 nitrogen and oxygen atoms in total. The fourth-order valence-electron chi connectivity index (χ4n) is 3.76. The number of rotatable bonds is 8. The summed E-state index contributed by atoms with van der Waals surface area (Å²) in [6.07, 6.45) is 5.27. The van der Waals surface area contributed by atoms with Gasteiger partial charge in [-0.2, -0.15) is 0 Å². The van der Waals surface area contributed by atoms with E-state index in [-0.39, 0.29) is 11.7 Å². The maximum absolute atomic E-state index is 14.0. The minimum absolute atomic E-state index is 0.00872. The van der Waals surface area contributed by atoms with E-state index in [2.05, 4.69) is 19.8 Å². The Kier molecular flexibility index (Phi) is 7.17. The molecule has 1 aromatic heterocycles. The van der Waals surface area contributed by atoms with E-state index in [1.54, 1.807) is 12.3 Å². The monoisotopic (exact) mass is 387 g/mol. The number of benzene rings is 1. The van der Waals surface area contributed by atoms with Crippen LogP contribution in [0.5, 0.6) is 0 Å². The standard InChI is InChI=1S/C21H30FN5O/c1-25(2)10-11-27(21(28)20-12-23-16-24-20)14-17-6-5-9-26(13-17)15-18-7-3-4-8-19(18)22/h3-4,7-8,12,16-17H,5-6,9-11,13-15H2,1-2H3,(H,23,24)/t17-/m1/s1. The molecule has 0 unspecified atom stereocenters. The maximum atomic E-state index is 14.0. The van der Waals surface area contributed by atoms with E-state index in [0.717, 1.165) is 38.0 Å². The third-order valence-corrected chi connectivity index (χ3v) is 5.27. The van der Waals surface area contributed by atoms with Crippen molar-refractivity contribution in [3.8, 4) is 0 Å². The lowest BCUT2D eigenvalue weighted by molar-refractivity contribution is 0.0655. The SMILES string of the molecule is CN(C)CCN(C[C@@H]1CCCN(Cc2ccccc2F)C1)C(=O)c1cnc[nH]1. The summed E-state index contributed by atoms with van der Waals surface area (Å²) in [6.45, 7) is 4.66. The average molecular weight is 388 g/mol. The summed E-state index contributed by atoms with van der Waals surface area (Å²) < 4.78 is 14.0. The lowest BCUT2D eigenvalue weighted by Gasteiger charge is -2.36. The zero-order valence-electron chi connectivity index (χ0n) is 16.8. The molecule has 1 fully saturated rings. The maximum Gasteiger partial charge on any atom is 0.271 e. The van der Waals surface area contributed by atoms with Crippen molar-refractivity contribution in [3.05, 3.63) is 53.9 Å². The van der Waals surface area contributed by atoms with Crippen LogP contribution in [0, 0.1) is 11.7 Å². The van der Waals surface area contributed by atoms with Gasteiger partial charge in [-0.3, -0.25) is 9.69 Å².